The van der Waals surface area contributed by atoms with E-state index in [1.165, 1.54) is 23.5 Å². The fraction of sp³-hybridized carbons (Fsp3) is 0.158. The number of methoxy groups -OCH3 is 1. The average molecular weight is 356 g/mol. The summed E-state index contributed by atoms with van der Waals surface area (Å²) < 4.78 is 18.4. The van der Waals surface area contributed by atoms with E-state index in [1.807, 2.05) is 31.2 Å². The standard InChI is InChI=1S/C19H17FN2O2S/c1-12-17(11-18(23)22-15-7-4-6-14(20)10-15)25-19(21-12)13-5-3-8-16(9-13)24-2/h3-10H,11H2,1-2H3,(H,22,23). The van der Waals surface area contributed by atoms with Gasteiger partial charge in [0.15, 0.2) is 0 Å². The summed E-state index contributed by atoms with van der Waals surface area (Å²) in [6.45, 7) is 1.88. The number of ether oxygens (including phenoxy) is 1. The molecular formula is C19H17FN2O2S. The molecule has 1 amide bonds. The molecule has 3 rings (SSSR count). The van der Waals surface area contributed by atoms with Gasteiger partial charge in [0.25, 0.3) is 0 Å². The molecule has 25 heavy (non-hydrogen) atoms. The van der Waals surface area contributed by atoms with Gasteiger partial charge in [-0.25, -0.2) is 9.37 Å². The molecule has 0 saturated heterocycles. The first-order valence-corrected chi connectivity index (χ1v) is 8.53. The van der Waals surface area contributed by atoms with Crippen molar-refractivity contribution in [2.24, 2.45) is 0 Å². The number of benzene rings is 2. The Labute approximate surface area is 149 Å². The van der Waals surface area contributed by atoms with E-state index in [9.17, 15) is 9.18 Å². The maximum Gasteiger partial charge on any atom is 0.229 e. The van der Waals surface area contributed by atoms with E-state index < -0.39 is 0 Å². The van der Waals surface area contributed by atoms with Crippen LogP contribution in [0.5, 0.6) is 5.75 Å². The number of anilines is 1. The normalized spacial score (nSPS) is 10.5. The molecule has 1 N–H and O–H groups in total. The number of carbonyl (C=O) groups is 1. The number of nitrogens with zero attached hydrogens (tertiary/aromatic N) is 1. The van der Waals surface area contributed by atoms with Gasteiger partial charge in [0.2, 0.25) is 5.91 Å². The van der Waals surface area contributed by atoms with Gasteiger partial charge in [0.1, 0.15) is 16.6 Å². The van der Waals surface area contributed by atoms with Crippen molar-refractivity contribution in [1.29, 1.82) is 0 Å². The molecule has 6 heteroatoms. The molecule has 0 aliphatic heterocycles. The van der Waals surface area contributed by atoms with Gasteiger partial charge in [0, 0.05) is 16.1 Å². The molecule has 0 saturated carbocycles. The number of aromatic nitrogens is 1. The molecule has 0 unspecified atom stereocenters. The van der Waals surface area contributed by atoms with Crippen molar-refractivity contribution < 1.29 is 13.9 Å². The number of halogens is 1. The maximum atomic E-state index is 13.2. The summed E-state index contributed by atoms with van der Waals surface area (Å²) in [5.74, 6) is 0.178. The molecule has 0 spiro atoms. The molecule has 0 radical (unpaired) electrons. The Balaban J connectivity index is 1.75. The first-order chi connectivity index (χ1) is 12.0. The second kappa shape index (κ2) is 7.44. The second-order valence-corrected chi connectivity index (χ2v) is 6.58. The van der Waals surface area contributed by atoms with Crippen molar-refractivity contribution >= 4 is 22.9 Å². The van der Waals surface area contributed by atoms with E-state index in [4.69, 9.17) is 4.74 Å². The van der Waals surface area contributed by atoms with E-state index >= 15 is 0 Å². The lowest BCUT2D eigenvalue weighted by Crippen LogP contribution is -2.14. The lowest BCUT2D eigenvalue weighted by molar-refractivity contribution is -0.115. The quantitative estimate of drug-likeness (QED) is 0.735. The highest BCUT2D eigenvalue weighted by Crippen LogP contribution is 2.30. The molecule has 4 nitrogen and oxygen atoms in total. The number of aryl methyl sites for hydroxylation is 1. The number of nitrogens with one attached hydrogen (secondary N) is 1. The van der Waals surface area contributed by atoms with Gasteiger partial charge in [-0.2, -0.15) is 0 Å². The van der Waals surface area contributed by atoms with Gasteiger partial charge in [0.05, 0.1) is 19.2 Å². The number of thiazole rings is 1. The zero-order valence-electron chi connectivity index (χ0n) is 13.9. The number of hydrogen-bond acceptors (Lipinski definition) is 4. The monoisotopic (exact) mass is 356 g/mol. The molecule has 3 aromatic rings. The van der Waals surface area contributed by atoms with Crippen molar-refractivity contribution in [3.8, 4) is 16.3 Å². The summed E-state index contributed by atoms with van der Waals surface area (Å²) in [6, 6.07) is 13.5. The minimum absolute atomic E-state index is 0.198. The first kappa shape index (κ1) is 17.1. The van der Waals surface area contributed by atoms with E-state index in [0.717, 1.165) is 26.9 Å². The Morgan fingerprint density at radius 3 is 2.80 bits per heavy atom. The largest absolute Gasteiger partial charge is 0.497 e. The molecule has 0 bridgehead atoms. The van der Waals surface area contributed by atoms with Crippen LogP contribution in [0.3, 0.4) is 0 Å². The average Bonchev–Trinajstić information content (AvgIpc) is 2.95. The highest BCUT2D eigenvalue weighted by molar-refractivity contribution is 7.15. The number of carbonyl (C=O) groups excluding carboxylic acids is 1. The number of hydrogen-bond donors (Lipinski definition) is 1. The molecular weight excluding hydrogens is 339 g/mol. The Hall–Kier alpha value is -2.73. The Morgan fingerprint density at radius 2 is 2.04 bits per heavy atom. The van der Waals surface area contributed by atoms with Crippen LogP contribution in [0.4, 0.5) is 10.1 Å². The third-order valence-corrected chi connectivity index (χ3v) is 4.85. The third-order valence-electron chi connectivity index (χ3n) is 3.64. The van der Waals surface area contributed by atoms with Crippen molar-refractivity contribution in [2.75, 3.05) is 12.4 Å². The lowest BCUT2D eigenvalue weighted by Gasteiger charge is -2.04. The lowest BCUT2D eigenvalue weighted by atomic mass is 10.2. The van der Waals surface area contributed by atoms with Gasteiger partial charge < -0.3 is 10.1 Å². The van der Waals surface area contributed by atoms with Crippen LogP contribution in [-0.2, 0) is 11.2 Å². The number of amides is 1. The Bertz CT molecular complexity index is 908. The third kappa shape index (κ3) is 4.22. The van der Waals surface area contributed by atoms with E-state index in [2.05, 4.69) is 10.3 Å². The highest BCUT2D eigenvalue weighted by atomic mass is 32.1. The predicted molar refractivity (Wildman–Crippen MR) is 97.6 cm³/mol. The minimum Gasteiger partial charge on any atom is -0.497 e. The summed E-state index contributed by atoms with van der Waals surface area (Å²) >= 11 is 1.47. The molecule has 0 atom stereocenters. The van der Waals surface area contributed by atoms with Crippen LogP contribution in [0.2, 0.25) is 0 Å². The van der Waals surface area contributed by atoms with Gasteiger partial charge in [-0.15, -0.1) is 11.3 Å². The minimum atomic E-state index is -0.382. The molecule has 0 aliphatic rings. The maximum absolute atomic E-state index is 13.2. The molecule has 0 fully saturated rings. The van der Waals surface area contributed by atoms with Crippen LogP contribution in [0.1, 0.15) is 10.6 Å². The van der Waals surface area contributed by atoms with Gasteiger partial charge in [-0.05, 0) is 37.3 Å². The molecule has 1 aromatic heterocycles. The zero-order chi connectivity index (χ0) is 17.8. The smallest absolute Gasteiger partial charge is 0.229 e. The summed E-state index contributed by atoms with van der Waals surface area (Å²) in [5, 5.41) is 3.54. The molecule has 0 aliphatic carbocycles. The summed E-state index contributed by atoms with van der Waals surface area (Å²) in [7, 11) is 1.62. The van der Waals surface area contributed by atoms with E-state index in [0.29, 0.717) is 5.69 Å². The van der Waals surface area contributed by atoms with Crippen LogP contribution in [0.15, 0.2) is 48.5 Å². The number of rotatable bonds is 5. The SMILES string of the molecule is COc1cccc(-c2nc(C)c(CC(=O)Nc3cccc(F)c3)s2)c1. The van der Waals surface area contributed by atoms with Crippen LogP contribution in [-0.4, -0.2) is 18.0 Å². The summed E-state index contributed by atoms with van der Waals surface area (Å²) in [5.41, 5.74) is 2.21. The van der Waals surface area contributed by atoms with Crippen molar-refractivity contribution in [1.82, 2.24) is 4.98 Å². The van der Waals surface area contributed by atoms with E-state index in [1.54, 1.807) is 19.2 Å². The molecule has 1 heterocycles. The Morgan fingerprint density at radius 1 is 1.24 bits per heavy atom. The van der Waals surface area contributed by atoms with Crippen LogP contribution in [0, 0.1) is 12.7 Å². The van der Waals surface area contributed by atoms with E-state index in [-0.39, 0.29) is 18.1 Å². The first-order valence-electron chi connectivity index (χ1n) is 7.71. The topological polar surface area (TPSA) is 51.2 Å². The van der Waals surface area contributed by atoms with Crippen LogP contribution < -0.4 is 10.1 Å². The van der Waals surface area contributed by atoms with Gasteiger partial charge in [-0.3, -0.25) is 4.79 Å². The predicted octanol–water partition coefficient (Wildman–Crippen LogP) is 4.45. The Kier molecular flexibility index (Phi) is 5.09. The van der Waals surface area contributed by atoms with Crippen molar-refractivity contribution in [3.63, 3.8) is 0 Å². The molecule has 128 valence electrons. The molecule has 2 aromatic carbocycles. The second-order valence-electron chi connectivity index (χ2n) is 5.49. The van der Waals surface area contributed by atoms with Crippen molar-refractivity contribution in [2.45, 2.75) is 13.3 Å². The highest BCUT2D eigenvalue weighted by Gasteiger charge is 2.14. The van der Waals surface area contributed by atoms with Crippen molar-refractivity contribution in [3.05, 3.63) is 64.9 Å². The summed E-state index contributed by atoms with van der Waals surface area (Å²) in [4.78, 5) is 17.7. The summed E-state index contributed by atoms with van der Waals surface area (Å²) in [6.07, 6.45) is 0.198. The van der Waals surface area contributed by atoms with Gasteiger partial charge >= 0.3 is 0 Å². The fourth-order valence-corrected chi connectivity index (χ4v) is 3.45. The zero-order valence-corrected chi connectivity index (χ0v) is 14.7. The fourth-order valence-electron chi connectivity index (χ4n) is 2.39. The van der Waals surface area contributed by atoms with Gasteiger partial charge in [-0.1, -0.05) is 18.2 Å². The van der Waals surface area contributed by atoms with Crippen LogP contribution >= 0.6 is 11.3 Å². The van der Waals surface area contributed by atoms with Crippen LogP contribution in [0.25, 0.3) is 10.6 Å².